The Morgan fingerprint density at radius 3 is 2.72 bits per heavy atom. The summed E-state index contributed by atoms with van der Waals surface area (Å²) in [6, 6.07) is 5.69. The van der Waals surface area contributed by atoms with Gasteiger partial charge in [0.15, 0.2) is 0 Å². The highest BCUT2D eigenvalue weighted by molar-refractivity contribution is 6.33. The van der Waals surface area contributed by atoms with Crippen molar-refractivity contribution in [1.82, 2.24) is 0 Å². The molecule has 0 bridgehead atoms. The molecule has 0 radical (unpaired) electrons. The van der Waals surface area contributed by atoms with E-state index in [9.17, 15) is 0 Å². The lowest BCUT2D eigenvalue weighted by Gasteiger charge is -2.32. The monoisotopic (exact) mass is 304 g/mol. The van der Waals surface area contributed by atoms with Crippen molar-refractivity contribution in [2.24, 2.45) is 11.8 Å². The highest BCUT2D eigenvalue weighted by Crippen LogP contribution is 2.37. The maximum atomic E-state index is 6.47. The van der Waals surface area contributed by atoms with E-state index >= 15 is 0 Å². The lowest BCUT2D eigenvalue weighted by atomic mass is 9.77. The zero-order chi connectivity index (χ0) is 13.1. The Bertz CT molecular complexity index is 403. The van der Waals surface area contributed by atoms with Crippen LogP contribution in [0.1, 0.15) is 38.2 Å². The molecule has 3 heteroatoms. The number of halogens is 3. The minimum Gasteiger partial charge on any atom is -0.123 e. The summed E-state index contributed by atoms with van der Waals surface area (Å²) < 4.78 is 0. The van der Waals surface area contributed by atoms with Gasteiger partial charge in [-0.2, -0.15) is 0 Å². The molecule has 0 N–H and O–H groups in total. The van der Waals surface area contributed by atoms with Gasteiger partial charge >= 0.3 is 0 Å². The van der Waals surface area contributed by atoms with Gasteiger partial charge in [0.25, 0.3) is 0 Å². The van der Waals surface area contributed by atoms with Crippen molar-refractivity contribution in [3.05, 3.63) is 33.8 Å². The molecule has 100 valence electrons. The quantitative estimate of drug-likeness (QED) is 0.603. The van der Waals surface area contributed by atoms with Gasteiger partial charge in [-0.05, 0) is 61.3 Å². The third-order valence-electron chi connectivity index (χ3n) is 4.07. The summed E-state index contributed by atoms with van der Waals surface area (Å²) >= 11 is 18.7. The zero-order valence-electron chi connectivity index (χ0n) is 10.6. The second-order valence-electron chi connectivity index (χ2n) is 5.30. The van der Waals surface area contributed by atoms with Crippen molar-refractivity contribution in [1.29, 1.82) is 0 Å². The van der Waals surface area contributed by atoms with Gasteiger partial charge in [-0.25, -0.2) is 0 Å². The molecule has 0 amide bonds. The average Bonchev–Trinajstić information content (AvgIpc) is 2.36. The smallest absolute Gasteiger partial charge is 0.0439 e. The number of alkyl halides is 1. The summed E-state index contributed by atoms with van der Waals surface area (Å²) in [6.07, 6.45) is 5.81. The first-order valence-corrected chi connectivity index (χ1v) is 7.87. The molecule has 0 spiro atoms. The molecule has 1 saturated carbocycles. The molecular formula is C15H19Cl3. The molecule has 0 aliphatic heterocycles. The van der Waals surface area contributed by atoms with Gasteiger partial charge < -0.3 is 0 Å². The Labute approximate surface area is 125 Å². The van der Waals surface area contributed by atoms with Crippen molar-refractivity contribution in [3.63, 3.8) is 0 Å². The van der Waals surface area contributed by atoms with E-state index < -0.39 is 0 Å². The molecule has 0 nitrogen and oxygen atoms in total. The minimum absolute atomic E-state index is 0.280. The molecule has 18 heavy (non-hydrogen) atoms. The zero-order valence-corrected chi connectivity index (χ0v) is 12.9. The van der Waals surface area contributed by atoms with E-state index in [1.54, 1.807) is 0 Å². The van der Waals surface area contributed by atoms with Gasteiger partial charge in [0.1, 0.15) is 0 Å². The number of hydrogen-bond acceptors (Lipinski definition) is 0. The average molecular weight is 306 g/mol. The predicted octanol–water partition coefficient (Wildman–Crippen LogP) is 5.97. The molecule has 1 aliphatic carbocycles. The van der Waals surface area contributed by atoms with Gasteiger partial charge in [0.05, 0.1) is 0 Å². The van der Waals surface area contributed by atoms with Crippen LogP contribution >= 0.6 is 34.8 Å². The topological polar surface area (TPSA) is 0 Å². The van der Waals surface area contributed by atoms with Crippen molar-refractivity contribution >= 4 is 34.8 Å². The molecule has 1 aromatic carbocycles. The van der Waals surface area contributed by atoms with E-state index in [1.165, 1.54) is 19.3 Å². The van der Waals surface area contributed by atoms with E-state index in [2.05, 4.69) is 6.92 Å². The maximum absolute atomic E-state index is 6.47. The van der Waals surface area contributed by atoms with Gasteiger partial charge in [-0.15, -0.1) is 11.6 Å². The standard InChI is InChI=1S/C15H19Cl3/c1-2-10-3-5-14(17)11(7-10)8-12-9-13(16)4-6-15(12)18/h4,6,9-11,14H,2-3,5,7-8H2,1H3. The predicted molar refractivity (Wildman–Crippen MR) is 80.9 cm³/mol. The van der Waals surface area contributed by atoms with E-state index in [4.69, 9.17) is 34.8 Å². The van der Waals surface area contributed by atoms with Crippen molar-refractivity contribution in [2.75, 3.05) is 0 Å². The molecule has 1 aliphatic rings. The largest absolute Gasteiger partial charge is 0.123 e. The minimum atomic E-state index is 0.280. The van der Waals surface area contributed by atoms with Crippen LogP contribution in [-0.4, -0.2) is 5.38 Å². The van der Waals surface area contributed by atoms with Crippen molar-refractivity contribution in [2.45, 2.75) is 44.4 Å². The SMILES string of the molecule is CCC1CCC(Cl)C(Cc2cc(Cl)ccc2Cl)C1. The Morgan fingerprint density at radius 2 is 2.00 bits per heavy atom. The molecule has 0 aromatic heterocycles. The lowest BCUT2D eigenvalue weighted by molar-refractivity contribution is 0.265. The molecule has 1 fully saturated rings. The van der Waals surface area contributed by atoms with Crippen LogP contribution in [0.25, 0.3) is 0 Å². The highest BCUT2D eigenvalue weighted by atomic mass is 35.5. The molecule has 1 aromatic rings. The van der Waals surface area contributed by atoms with Gasteiger partial charge in [-0.3, -0.25) is 0 Å². The Morgan fingerprint density at radius 1 is 1.22 bits per heavy atom. The normalized spacial score (nSPS) is 28.3. The third-order valence-corrected chi connectivity index (χ3v) is 5.24. The molecule has 0 saturated heterocycles. The van der Waals surface area contributed by atoms with Crippen LogP contribution in [0, 0.1) is 11.8 Å². The Balaban J connectivity index is 2.09. The van der Waals surface area contributed by atoms with Gasteiger partial charge in [0, 0.05) is 15.4 Å². The van der Waals surface area contributed by atoms with Gasteiger partial charge in [0.2, 0.25) is 0 Å². The Kier molecular flexibility index (Phi) is 5.24. The van der Waals surface area contributed by atoms with Crippen LogP contribution in [0.3, 0.4) is 0 Å². The maximum Gasteiger partial charge on any atom is 0.0439 e. The van der Waals surface area contributed by atoms with E-state index in [0.717, 1.165) is 34.4 Å². The molecular weight excluding hydrogens is 287 g/mol. The second kappa shape index (κ2) is 6.50. The van der Waals surface area contributed by atoms with Crippen LogP contribution in [0.15, 0.2) is 18.2 Å². The summed E-state index contributed by atoms with van der Waals surface area (Å²) in [5, 5.41) is 1.84. The van der Waals surface area contributed by atoms with Crippen LogP contribution in [0.2, 0.25) is 10.0 Å². The van der Waals surface area contributed by atoms with Crippen molar-refractivity contribution in [3.8, 4) is 0 Å². The summed E-state index contributed by atoms with van der Waals surface area (Å²) in [5.41, 5.74) is 1.14. The van der Waals surface area contributed by atoms with E-state index in [1.807, 2.05) is 18.2 Å². The number of hydrogen-bond donors (Lipinski definition) is 0. The first-order valence-electron chi connectivity index (χ1n) is 6.68. The fourth-order valence-corrected chi connectivity index (χ4v) is 3.60. The Hall–Kier alpha value is 0.0900. The third kappa shape index (κ3) is 3.56. The first kappa shape index (κ1) is 14.5. The fraction of sp³-hybridized carbons (Fsp3) is 0.600. The summed E-state index contributed by atoms with van der Waals surface area (Å²) in [6.45, 7) is 2.27. The van der Waals surface area contributed by atoms with E-state index in [-0.39, 0.29) is 5.38 Å². The number of rotatable bonds is 3. The van der Waals surface area contributed by atoms with Gasteiger partial charge in [-0.1, -0.05) is 36.5 Å². The van der Waals surface area contributed by atoms with Crippen LogP contribution in [0.5, 0.6) is 0 Å². The van der Waals surface area contributed by atoms with Crippen LogP contribution < -0.4 is 0 Å². The first-order chi connectivity index (χ1) is 8.60. The lowest BCUT2D eigenvalue weighted by Crippen LogP contribution is -2.27. The molecule has 0 heterocycles. The molecule has 3 atom stereocenters. The fourth-order valence-electron chi connectivity index (χ4n) is 2.89. The second-order valence-corrected chi connectivity index (χ2v) is 6.71. The van der Waals surface area contributed by atoms with E-state index in [0.29, 0.717) is 5.92 Å². The van der Waals surface area contributed by atoms with Crippen LogP contribution in [-0.2, 0) is 6.42 Å². The molecule has 3 unspecified atom stereocenters. The summed E-state index contributed by atoms with van der Waals surface area (Å²) in [5.74, 6) is 1.35. The highest BCUT2D eigenvalue weighted by Gasteiger charge is 2.28. The summed E-state index contributed by atoms with van der Waals surface area (Å²) in [4.78, 5) is 0. The van der Waals surface area contributed by atoms with Crippen LogP contribution in [0.4, 0.5) is 0 Å². The number of benzene rings is 1. The summed E-state index contributed by atoms with van der Waals surface area (Å²) in [7, 11) is 0. The molecule has 2 rings (SSSR count). The van der Waals surface area contributed by atoms with Crippen molar-refractivity contribution < 1.29 is 0 Å².